The number of hydrogen-bond acceptors (Lipinski definition) is 3. The van der Waals surface area contributed by atoms with E-state index in [2.05, 4.69) is 15.6 Å². The zero-order chi connectivity index (χ0) is 19.4. The van der Waals surface area contributed by atoms with Crippen molar-refractivity contribution in [2.24, 2.45) is 5.92 Å². The van der Waals surface area contributed by atoms with Crippen LogP contribution in [0.25, 0.3) is 0 Å². The number of hydrogen-bond donors (Lipinski definition) is 2. The van der Waals surface area contributed by atoms with Crippen molar-refractivity contribution in [3.63, 3.8) is 0 Å². The van der Waals surface area contributed by atoms with Gasteiger partial charge in [0.25, 0.3) is 0 Å². The van der Waals surface area contributed by atoms with Crippen LogP contribution in [0.15, 0.2) is 42.6 Å². The summed E-state index contributed by atoms with van der Waals surface area (Å²) in [6, 6.07) is 9.79. The minimum absolute atomic E-state index is 0.119. The van der Waals surface area contributed by atoms with E-state index in [4.69, 9.17) is 11.6 Å². The Labute approximate surface area is 160 Å². The highest BCUT2D eigenvalue weighted by atomic mass is 35.5. The molecule has 27 heavy (non-hydrogen) atoms. The number of rotatable bonds is 5. The molecule has 8 heteroatoms. The van der Waals surface area contributed by atoms with Gasteiger partial charge in [0.05, 0.1) is 5.92 Å². The highest BCUT2D eigenvalue weighted by Gasteiger charge is 2.36. The van der Waals surface area contributed by atoms with Crippen molar-refractivity contribution in [3.05, 3.63) is 64.4 Å². The van der Waals surface area contributed by atoms with E-state index in [1.54, 1.807) is 6.07 Å². The Kier molecular flexibility index (Phi) is 6.01. The van der Waals surface area contributed by atoms with E-state index in [1.807, 2.05) is 18.2 Å². The van der Waals surface area contributed by atoms with Gasteiger partial charge in [0.1, 0.15) is 5.69 Å². The predicted octanol–water partition coefficient (Wildman–Crippen LogP) is 3.42. The lowest BCUT2D eigenvalue weighted by molar-refractivity contribution is -0.141. The van der Waals surface area contributed by atoms with Crippen LogP contribution in [0.4, 0.5) is 13.2 Å². The van der Waals surface area contributed by atoms with Crippen LogP contribution < -0.4 is 10.6 Å². The second-order valence-electron chi connectivity index (χ2n) is 6.52. The summed E-state index contributed by atoms with van der Waals surface area (Å²) in [6.07, 6.45) is -2.60. The van der Waals surface area contributed by atoms with Gasteiger partial charge in [-0.25, -0.2) is 0 Å². The van der Waals surface area contributed by atoms with E-state index < -0.39 is 11.9 Å². The predicted molar refractivity (Wildman–Crippen MR) is 96.5 cm³/mol. The molecule has 1 aliphatic heterocycles. The number of aromatic nitrogens is 1. The summed E-state index contributed by atoms with van der Waals surface area (Å²) in [5.74, 6) is -0.666. The molecular weight excluding hydrogens is 379 g/mol. The zero-order valence-corrected chi connectivity index (χ0v) is 15.1. The fraction of sp³-hybridized carbons (Fsp3) is 0.368. The van der Waals surface area contributed by atoms with E-state index in [1.165, 1.54) is 12.3 Å². The van der Waals surface area contributed by atoms with Crippen molar-refractivity contribution in [3.8, 4) is 0 Å². The molecule has 2 atom stereocenters. The van der Waals surface area contributed by atoms with Crippen molar-refractivity contribution in [1.82, 2.24) is 15.6 Å². The fourth-order valence-corrected chi connectivity index (χ4v) is 3.46. The minimum atomic E-state index is -4.47. The number of halogens is 4. The number of amides is 1. The summed E-state index contributed by atoms with van der Waals surface area (Å²) < 4.78 is 38.0. The third-order valence-corrected chi connectivity index (χ3v) is 4.89. The number of benzene rings is 1. The first-order chi connectivity index (χ1) is 12.8. The Balaban J connectivity index is 1.59. The Hall–Kier alpha value is -2.12. The van der Waals surface area contributed by atoms with Crippen molar-refractivity contribution in [1.29, 1.82) is 0 Å². The van der Waals surface area contributed by atoms with E-state index >= 15 is 0 Å². The Morgan fingerprint density at radius 1 is 1.26 bits per heavy atom. The molecule has 0 unspecified atom stereocenters. The second kappa shape index (κ2) is 8.27. The molecule has 1 saturated heterocycles. The third-order valence-electron chi connectivity index (χ3n) is 4.66. The van der Waals surface area contributed by atoms with Gasteiger partial charge >= 0.3 is 6.18 Å². The van der Waals surface area contributed by atoms with Crippen LogP contribution in [-0.4, -0.2) is 30.5 Å². The molecule has 144 valence electrons. The Bertz CT molecular complexity index is 796. The molecule has 1 aliphatic rings. The second-order valence-corrected chi connectivity index (χ2v) is 6.95. The summed E-state index contributed by atoms with van der Waals surface area (Å²) in [4.78, 5) is 16.0. The SMILES string of the molecule is O=C(NCCc1cccc(Cl)c1)[C@@H]1CNC[C@H]1c1ccc(C(F)(F)F)nc1. The number of alkyl halides is 3. The molecule has 0 radical (unpaired) electrons. The highest BCUT2D eigenvalue weighted by Crippen LogP contribution is 2.31. The summed E-state index contributed by atoms with van der Waals surface area (Å²) in [6.45, 7) is 1.47. The van der Waals surface area contributed by atoms with Gasteiger partial charge in [-0.05, 0) is 35.7 Å². The number of carbonyl (C=O) groups excluding carboxylic acids is 1. The van der Waals surface area contributed by atoms with Gasteiger partial charge in [-0.1, -0.05) is 29.8 Å². The normalized spacial score (nSPS) is 19.9. The molecule has 1 amide bonds. The van der Waals surface area contributed by atoms with Crippen molar-refractivity contribution in [2.45, 2.75) is 18.5 Å². The minimum Gasteiger partial charge on any atom is -0.355 e. The standard InChI is InChI=1S/C19H19ClF3N3O/c20-14-3-1-2-12(8-14)6-7-25-18(27)16-11-24-10-15(16)13-4-5-17(26-9-13)19(21,22)23/h1-5,8-9,15-16,24H,6-7,10-11H2,(H,25,27)/t15-,16+/m0/s1. The lowest BCUT2D eigenvalue weighted by atomic mass is 9.89. The first kappa shape index (κ1) is 19.6. The summed E-state index contributed by atoms with van der Waals surface area (Å²) in [5, 5.41) is 6.69. The summed E-state index contributed by atoms with van der Waals surface area (Å²) in [7, 11) is 0. The molecular formula is C19H19ClF3N3O. The maximum absolute atomic E-state index is 12.7. The molecule has 3 rings (SSSR count). The molecule has 2 heterocycles. The van der Waals surface area contributed by atoms with Gasteiger partial charge in [0.2, 0.25) is 5.91 Å². The molecule has 2 aromatic rings. The molecule has 1 aromatic heterocycles. The average molecular weight is 398 g/mol. The van der Waals surface area contributed by atoms with Crippen molar-refractivity contribution < 1.29 is 18.0 Å². The number of pyridine rings is 1. The molecule has 0 aliphatic carbocycles. The largest absolute Gasteiger partial charge is 0.433 e. The first-order valence-electron chi connectivity index (χ1n) is 8.60. The van der Waals surface area contributed by atoms with Crippen molar-refractivity contribution >= 4 is 17.5 Å². The van der Waals surface area contributed by atoms with Crippen LogP contribution in [0, 0.1) is 5.92 Å². The molecule has 0 saturated carbocycles. The molecule has 1 aromatic carbocycles. The third kappa shape index (κ3) is 4.99. The maximum atomic E-state index is 12.7. The molecule has 0 bridgehead atoms. The molecule has 0 spiro atoms. The van der Waals surface area contributed by atoms with E-state index in [0.717, 1.165) is 11.6 Å². The first-order valence-corrected chi connectivity index (χ1v) is 8.98. The number of nitrogens with one attached hydrogen (secondary N) is 2. The van der Waals surface area contributed by atoms with Gasteiger partial charge in [0, 0.05) is 36.8 Å². The topological polar surface area (TPSA) is 54.0 Å². The Morgan fingerprint density at radius 3 is 2.74 bits per heavy atom. The van der Waals surface area contributed by atoms with Crippen LogP contribution in [0.3, 0.4) is 0 Å². The van der Waals surface area contributed by atoms with Crippen LogP contribution in [0.5, 0.6) is 0 Å². The van der Waals surface area contributed by atoms with Gasteiger partial charge < -0.3 is 10.6 Å². The van der Waals surface area contributed by atoms with E-state index in [-0.39, 0.29) is 17.7 Å². The van der Waals surface area contributed by atoms with Gasteiger partial charge in [0.15, 0.2) is 0 Å². The van der Waals surface area contributed by atoms with Gasteiger partial charge in [-0.2, -0.15) is 13.2 Å². The van der Waals surface area contributed by atoms with Crippen LogP contribution in [0.2, 0.25) is 5.02 Å². The maximum Gasteiger partial charge on any atom is 0.433 e. The fourth-order valence-electron chi connectivity index (χ4n) is 3.25. The summed E-state index contributed by atoms with van der Waals surface area (Å²) in [5.41, 5.74) is 0.721. The lowest BCUT2D eigenvalue weighted by Crippen LogP contribution is -2.35. The van der Waals surface area contributed by atoms with Crippen LogP contribution in [0.1, 0.15) is 22.7 Å². The zero-order valence-electron chi connectivity index (χ0n) is 14.4. The number of nitrogens with zero attached hydrogens (tertiary/aromatic N) is 1. The smallest absolute Gasteiger partial charge is 0.355 e. The van der Waals surface area contributed by atoms with Gasteiger partial charge in [-0.15, -0.1) is 0 Å². The van der Waals surface area contributed by atoms with Gasteiger partial charge in [-0.3, -0.25) is 9.78 Å². The van der Waals surface area contributed by atoms with Crippen LogP contribution in [-0.2, 0) is 17.4 Å². The highest BCUT2D eigenvalue weighted by molar-refractivity contribution is 6.30. The monoisotopic (exact) mass is 397 g/mol. The van der Waals surface area contributed by atoms with Crippen molar-refractivity contribution in [2.75, 3.05) is 19.6 Å². The van der Waals surface area contributed by atoms with E-state index in [0.29, 0.717) is 36.6 Å². The number of carbonyl (C=O) groups is 1. The van der Waals surface area contributed by atoms with Crippen LogP contribution >= 0.6 is 11.6 Å². The molecule has 1 fully saturated rings. The molecule has 2 N–H and O–H groups in total. The quantitative estimate of drug-likeness (QED) is 0.813. The molecule has 4 nitrogen and oxygen atoms in total. The summed E-state index contributed by atoms with van der Waals surface area (Å²) >= 11 is 5.94. The average Bonchev–Trinajstić information content (AvgIpc) is 3.11. The van der Waals surface area contributed by atoms with E-state index in [9.17, 15) is 18.0 Å². The lowest BCUT2D eigenvalue weighted by Gasteiger charge is -2.19. The Morgan fingerprint density at radius 2 is 2.07 bits per heavy atom.